The summed E-state index contributed by atoms with van der Waals surface area (Å²) in [4.78, 5) is 15.1. The third kappa shape index (κ3) is 4.28. The zero-order valence-corrected chi connectivity index (χ0v) is 13.7. The maximum absolute atomic E-state index is 12.2. The van der Waals surface area contributed by atoms with Crippen LogP contribution < -0.4 is 5.32 Å². The van der Waals surface area contributed by atoms with E-state index in [4.69, 9.17) is 12.2 Å². The smallest absolute Gasteiger partial charge is 0.269 e. The molecule has 0 aliphatic heterocycles. The van der Waals surface area contributed by atoms with Crippen molar-refractivity contribution in [2.75, 3.05) is 18.6 Å². The highest BCUT2D eigenvalue weighted by atomic mass is 32.2. The Balaban J connectivity index is 2.10. The third-order valence-electron chi connectivity index (χ3n) is 3.00. The number of H-pyrrole nitrogens is 1. The highest BCUT2D eigenvalue weighted by Gasteiger charge is 2.14. The van der Waals surface area contributed by atoms with Gasteiger partial charge in [-0.2, -0.15) is 0 Å². The summed E-state index contributed by atoms with van der Waals surface area (Å²) in [5, 5.41) is 2.70. The number of rotatable bonds is 6. The SMILES string of the molecule is CS(=O)(=O)CCCNC(=O)c1c[nH]c(=S)n1-c1ccccc1. The van der Waals surface area contributed by atoms with Crippen molar-refractivity contribution in [1.82, 2.24) is 14.9 Å². The van der Waals surface area contributed by atoms with Gasteiger partial charge in [0.05, 0.1) is 5.75 Å². The molecule has 6 nitrogen and oxygen atoms in total. The first-order chi connectivity index (χ1) is 10.4. The second-order valence-electron chi connectivity index (χ2n) is 4.89. The molecule has 8 heteroatoms. The summed E-state index contributed by atoms with van der Waals surface area (Å²) in [7, 11) is -3.01. The number of sulfone groups is 1. The number of aromatic amines is 1. The Bertz CT molecular complexity index is 807. The van der Waals surface area contributed by atoms with Crippen molar-refractivity contribution in [3.05, 3.63) is 47.0 Å². The molecule has 0 bridgehead atoms. The summed E-state index contributed by atoms with van der Waals surface area (Å²) in [6.07, 6.45) is 3.09. The summed E-state index contributed by atoms with van der Waals surface area (Å²) < 4.78 is 24.2. The van der Waals surface area contributed by atoms with Crippen LogP contribution in [0.3, 0.4) is 0 Å². The van der Waals surface area contributed by atoms with E-state index in [9.17, 15) is 13.2 Å². The molecule has 1 aromatic carbocycles. The Morgan fingerprint density at radius 3 is 2.64 bits per heavy atom. The van der Waals surface area contributed by atoms with E-state index in [1.807, 2.05) is 30.3 Å². The normalized spacial score (nSPS) is 11.3. The van der Waals surface area contributed by atoms with E-state index >= 15 is 0 Å². The lowest BCUT2D eigenvalue weighted by Gasteiger charge is -2.08. The predicted molar refractivity (Wildman–Crippen MR) is 87.6 cm³/mol. The Hall–Kier alpha value is -1.93. The van der Waals surface area contributed by atoms with Crippen LogP contribution in [0.25, 0.3) is 5.69 Å². The lowest BCUT2D eigenvalue weighted by Crippen LogP contribution is -2.27. The number of hydrogen-bond donors (Lipinski definition) is 2. The van der Waals surface area contributed by atoms with E-state index in [0.717, 1.165) is 5.69 Å². The molecule has 0 saturated heterocycles. The van der Waals surface area contributed by atoms with E-state index < -0.39 is 9.84 Å². The number of carbonyl (C=O) groups excluding carboxylic acids is 1. The van der Waals surface area contributed by atoms with Crippen LogP contribution in [-0.4, -0.2) is 42.4 Å². The van der Waals surface area contributed by atoms with Gasteiger partial charge in [-0.15, -0.1) is 0 Å². The second-order valence-corrected chi connectivity index (χ2v) is 7.54. The van der Waals surface area contributed by atoms with Crippen LogP contribution in [0.1, 0.15) is 16.9 Å². The van der Waals surface area contributed by atoms with Crippen LogP contribution in [0.15, 0.2) is 36.5 Å². The molecule has 118 valence electrons. The molecule has 2 N–H and O–H groups in total. The molecule has 0 spiro atoms. The molecule has 0 atom stereocenters. The van der Waals surface area contributed by atoms with Gasteiger partial charge in [-0.05, 0) is 30.8 Å². The summed E-state index contributed by atoms with van der Waals surface area (Å²) in [5.74, 6) is -0.254. The molecule has 0 radical (unpaired) electrons. The average molecular weight is 339 g/mol. The summed E-state index contributed by atoms with van der Waals surface area (Å²) in [5.41, 5.74) is 1.17. The first kappa shape index (κ1) is 16.4. The minimum Gasteiger partial charge on any atom is -0.351 e. The maximum atomic E-state index is 12.2. The van der Waals surface area contributed by atoms with Gasteiger partial charge >= 0.3 is 0 Å². The van der Waals surface area contributed by atoms with Gasteiger partial charge in [0.2, 0.25) is 0 Å². The number of amides is 1. The molecular formula is C14H17N3O3S2. The van der Waals surface area contributed by atoms with Gasteiger partial charge in [-0.1, -0.05) is 18.2 Å². The van der Waals surface area contributed by atoms with Crippen LogP contribution in [0.4, 0.5) is 0 Å². The van der Waals surface area contributed by atoms with Gasteiger partial charge in [0, 0.05) is 24.7 Å². The van der Waals surface area contributed by atoms with Crippen LogP contribution in [0.2, 0.25) is 0 Å². The first-order valence-electron chi connectivity index (χ1n) is 6.70. The van der Waals surface area contributed by atoms with E-state index in [2.05, 4.69) is 10.3 Å². The Labute approximate surface area is 134 Å². The van der Waals surface area contributed by atoms with Gasteiger partial charge in [-0.3, -0.25) is 9.36 Å². The lowest BCUT2D eigenvalue weighted by molar-refractivity contribution is 0.0947. The molecule has 1 heterocycles. The summed E-state index contributed by atoms with van der Waals surface area (Å²) in [6.45, 7) is 0.290. The van der Waals surface area contributed by atoms with E-state index in [0.29, 0.717) is 23.4 Å². The van der Waals surface area contributed by atoms with E-state index in [1.54, 1.807) is 10.8 Å². The third-order valence-corrected chi connectivity index (χ3v) is 4.33. The number of hydrogen-bond acceptors (Lipinski definition) is 4. The van der Waals surface area contributed by atoms with Crippen molar-refractivity contribution in [2.45, 2.75) is 6.42 Å². The fraction of sp³-hybridized carbons (Fsp3) is 0.286. The number of para-hydroxylation sites is 1. The number of imidazole rings is 1. The fourth-order valence-corrected chi connectivity index (χ4v) is 2.93. The molecular weight excluding hydrogens is 322 g/mol. The van der Waals surface area contributed by atoms with Gasteiger partial charge in [0.15, 0.2) is 4.77 Å². The van der Waals surface area contributed by atoms with Crippen molar-refractivity contribution in [2.24, 2.45) is 0 Å². The number of aromatic nitrogens is 2. The van der Waals surface area contributed by atoms with Gasteiger partial charge in [0.25, 0.3) is 5.91 Å². The molecule has 1 amide bonds. The van der Waals surface area contributed by atoms with E-state index in [-0.39, 0.29) is 11.7 Å². The molecule has 0 aliphatic carbocycles. The molecule has 1 aromatic heterocycles. The van der Waals surface area contributed by atoms with Gasteiger partial charge in [-0.25, -0.2) is 8.42 Å². The van der Waals surface area contributed by atoms with Gasteiger partial charge < -0.3 is 10.3 Å². The fourth-order valence-electron chi connectivity index (χ4n) is 2.00. The lowest BCUT2D eigenvalue weighted by atomic mass is 10.3. The van der Waals surface area contributed by atoms with Crippen molar-refractivity contribution in [3.8, 4) is 5.69 Å². The Morgan fingerprint density at radius 2 is 2.00 bits per heavy atom. The quantitative estimate of drug-likeness (QED) is 0.620. The summed E-state index contributed by atoms with van der Waals surface area (Å²) >= 11 is 5.21. The molecule has 0 saturated carbocycles. The molecule has 2 aromatic rings. The minimum absolute atomic E-state index is 0.0470. The van der Waals surface area contributed by atoms with Crippen LogP contribution in [-0.2, 0) is 9.84 Å². The van der Waals surface area contributed by atoms with Crippen molar-refractivity contribution >= 4 is 28.0 Å². The maximum Gasteiger partial charge on any atom is 0.269 e. The molecule has 2 rings (SSSR count). The largest absolute Gasteiger partial charge is 0.351 e. The molecule has 0 fully saturated rings. The van der Waals surface area contributed by atoms with Crippen LogP contribution in [0.5, 0.6) is 0 Å². The average Bonchev–Trinajstić information content (AvgIpc) is 2.85. The van der Waals surface area contributed by atoms with Gasteiger partial charge in [0.1, 0.15) is 15.5 Å². The number of carbonyl (C=O) groups is 1. The Morgan fingerprint density at radius 1 is 1.32 bits per heavy atom. The zero-order chi connectivity index (χ0) is 16.2. The standard InChI is InChI=1S/C14H17N3O3S2/c1-22(19,20)9-5-8-15-13(18)12-10-16-14(21)17(12)11-6-3-2-4-7-11/h2-4,6-7,10H,5,8-9H2,1H3,(H,15,18)(H,16,21). The number of nitrogens with one attached hydrogen (secondary N) is 2. The van der Waals surface area contributed by atoms with Crippen LogP contribution >= 0.6 is 12.2 Å². The highest BCUT2D eigenvalue weighted by molar-refractivity contribution is 7.90. The number of benzene rings is 1. The van der Waals surface area contributed by atoms with Crippen molar-refractivity contribution < 1.29 is 13.2 Å². The topological polar surface area (TPSA) is 84.0 Å². The Kier molecular flexibility index (Phi) is 5.15. The predicted octanol–water partition coefficient (Wildman–Crippen LogP) is 1.70. The van der Waals surface area contributed by atoms with Crippen molar-refractivity contribution in [3.63, 3.8) is 0 Å². The monoisotopic (exact) mass is 339 g/mol. The van der Waals surface area contributed by atoms with E-state index in [1.165, 1.54) is 6.26 Å². The summed E-state index contributed by atoms with van der Waals surface area (Å²) in [6, 6.07) is 9.30. The van der Waals surface area contributed by atoms with Crippen LogP contribution in [0, 0.1) is 4.77 Å². The molecule has 0 unspecified atom stereocenters. The minimum atomic E-state index is -3.01. The van der Waals surface area contributed by atoms with Crippen molar-refractivity contribution in [1.29, 1.82) is 0 Å². The second kappa shape index (κ2) is 6.89. The molecule has 22 heavy (non-hydrogen) atoms. The highest BCUT2D eigenvalue weighted by Crippen LogP contribution is 2.12. The number of nitrogens with zero attached hydrogens (tertiary/aromatic N) is 1. The molecule has 0 aliphatic rings. The first-order valence-corrected chi connectivity index (χ1v) is 9.17. The zero-order valence-electron chi connectivity index (χ0n) is 12.1.